The van der Waals surface area contributed by atoms with Gasteiger partial charge < -0.3 is 0 Å². The molecule has 0 aliphatic rings. The zero-order valence-corrected chi connectivity index (χ0v) is 8.44. The van der Waals surface area contributed by atoms with Gasteiger partial charge in [0.1, 0.15) is 0 Å². The van der Waals surface area contributed by atoms with Crippen molar-refractivity contribution in [2.24, 2.45) is 0 Å². The first-order valence-corrected chi connectivity index (χ1v) is 4.70. The second kappa shape index (κ2) is 3.75. The Kier molecular flexibility index (Phi) is 2.45. The van der Waals surface area contributed by atoms with Crippen LogP contribution in [0.3, 0.4) is 0 Å². The van der Waals surface area contributed by atoms with Crippen molar-refractivity contribution in [1.82, 2.24) is 19.7 Å². The molecular formula is C9H9ClN4. The highest BCUT2D eigenvalue weighted by Crippen LogP contribution is 2.07. The highest BCUT2D eigenvalue weighted by Gasteiger charge is 2.01. The lowest BCUT2D eigenvalue weighted by Gasteiger charge is -1.98. The van der Waals surface area contributed by atoms with Crippen LogP contribution in [0, 0.1) is 0 Å². The summed E-state index contributed by atoms with van der Waals surface area (Å²) in [5.74, 6) is 0.685. The van der Waals surface area contributed by atoms with E-state index in [1.54, 1.807) is 16.9 Å². The molecule has 0 unspecified atom stereocenters. The third kappa shape index (κ3) is 1.75. The SMILES string of the molecule is CCc1cnn(-c2ccnc(Cl)n2)c1. The van der Waals surface area contributed by atoms with Gasteiger partial charge in [0.2, 0.25) is 5.28 Å². The van der Waals surface area contributed by atoms with Gasteiger partial charge in [0.05, 0.1) is 6.20 Å². The van der Waals surface area contributed by atoms with Gasteiger partial charge >= 0.3 is 0 Å². The zero-order valence-electron chi connectivity index (χ0n) is 7.68. The van der Waals surface area contributed by atoms with Crippen molar-refractivity contribution in [2.45, 2.75) is 13.3 Å². The molecule has 0 bridgehead atoms. The summed E-state index contributed by atoms with van der Waals surface area (Å²) in [6.45, 7) is 2.08. The standard InChI is InChI=1S/C9H9ClN4/c1-2-7-5-12-14(6-7)8-3-4-11-9(10)13-8/h3-6H,2H2,1H3. The van der Waals surface area contributed by atoms with E-state index in [0.29, 0.717) is 5.82 Å². The van der Waals surface area contributed by atoms with Crippen LogP contribution < -0.4 is 0 Å². The molecule has 0 aliphatic heterocycles. The van der Waals surface area contributed by atoms with Crippen LogP contribution in [0.15, 0.2) is 24.7 Å². The first-order chi connectivity index (χ1) is 6.79. The van der Waals surface area contributed by atoms with Crippen molar-refractivity contribution < 1.29 is 0 Å². The summed E-state index contributed by atoms with van der Waals surface area (Å²) in [5.41, 5.74) is 1.17. The molecule has 0 aromatic carbocycles. The largest absolute Gasteiger partial charge is 0.226 e. The zero-order chi connectivity index (χ0) is 9.97. The van der Waals surface area contributed by atoms with Crippen molar-refractivity contribution in [3.8, 4) is 5.82 Å². The number of aryl methyl sites for hydroxylation is 1. The normalized spacial score (nSPS) is 10.4. The van der Waals surface area contributed by atoms with Gasteiger partial charge in [0.15, 0.2) is 5.82 Å². The number of hydrogen-bond donors (Lipinski definition) is 0. The van der Waals surface area contributed by atoms with E-state index in [4.69, 9.17) is 11.6 Å². The summed E-state index contributed by atoms with van der Waals surface area (Å²) in [6, 6.07) is 1.76. The number of rotatable bonds is 2. The van der Waals surface area contributed by atoms with Crippen LogP contribution >= 0.6 is 11.6 Å². The van der Waals surface area contributed by atoms with Crippen LogP contribution in [0.1, 0.15) is 12.5 Å². The first-order valence-electron chi connectivity index (χ1n) is 4.32. The molecule has 0 spiro atoms. The summed E-state index contributed by atoms with van der Waals surface area (Å²) >= 11 is 5.67. The average Bonchev–Trinajstić information content (AvgIpc) is 2.66. The lowest BCUT2D eigenvalue weighted by atomic mass is 10.3. The van der Waals surface area contributed by atoms with Gasteiger partial charge in [-0.25, -0.2) is 9.67 Å². The van der Waals surface area contributed by atoms with Crippen molar-refractivity contribution in [1.29, 1.82) is 0 Å². The Morgan fingerprint density at radius 3 is 3.00 bits per heavy atom. The number of halogens is 1. The summed E-state index contributed by atoms with van der Waals surface area (Å²) in [5, 5.41) is 4.40. The maximum atomic E-state index is 5.67. The van der Waals surface area contributed by atoms with Crippen molar-refractivity contribution in [3.05, 3.63) is 35.5 Å². The van der Waals surface area contributed by atoms with E-state index < -0.39 is 0 Å². The van der Waals surface area contributed by atoms with Gasteiger partial charge in [0.25, 0.3) is 0 Å². The summed E-state index contributed by atoms with van der Waals surface area (Å²) in [4.78, 5) is 7.85. The van der Waals surface area contributed by atoms with E-state index in [0.717, 1.165) is 6.42 Å². The van der Waals surface area contributed by atoms with Crippen LogP contribution in [0.4, 0.5) is 0 Å². The Morgan fingerprint density at radius 2 is 2.36 bits per heavy atom. The van der Waals surface area contributed by atoms with Crippen LogP contribution in [0.5, 0.6) is 0 Å². The molecular weight excluding hydrogens is 200 g/mol. The first kappa shape index (κ1) is 9.15. The lowest BCUT2D eigenvalue weighted by molar-refractivity contribution is 0.839. The molecule has 2 heterocycles. The smallest absolute Gasteiger partial charge is 0.224 e. The highest BCUT2D eigenvalue weighted by molar-refractivity contribution is 6.28. The molecule has 5 heteroatoms. The third-order valence-electron chi connectivity index (χ3n) is 1.89. The Bertz CT molecular complexity index is 438. The minimum atomic E-state index is 0.232. The molecule has 0 radical (unpaired) electrons. The van der Waals surface area contributed by atoms with E-state index in [2.05, 4.69) is 22.0 Å². The fraction of sp³-hybridized carbons (Fsp3) is 0.222. The quantitative estimate of drug-likeness (QED) is 0.708. The third-order valence-corrected chi connectivity index (χ3v) is 2.07. The predicted molar refractivity (Wildman–Crippen MR) is 53.5 cm³/mol. The Morgan fingerprint density at radius 1 is 1.50 bits per heavy atom. The van der Waals surface area contributed by atoms with Crippen molar-refractivity contribution in [3.63, 3.8) is 0 Å². The molecule has 14 heavy (non-hydrogen) atoms. The van der Waals surface area contributed by atoms with Gasteiger partial charge in [-0.15, -0.1) is 0 Å². The van der Waals surface area contributed by atoms with Crippen LogP contribution in [0.2, 0.25) is 5.28 Å². The molecule has 72 valence electrons. The molecule has 0 N–H and O–H groups in total. The summed E-state index contributed by atoms with van der Waals surface area (Å²) in [6.07, 6.45) is 6.31. The van der Waals surface area contributed by atoms with Crippen LogP contribution in [-0.4, -0.2) is 19.7 Å². The predicted octanol–water partition coefficient (Wildman–Crippen LogP) is 1.88. The topological polar surface area (TPSA) is 43.6 Å². The van der Waals surface area contributed by atoms with Gasteiger partial charge in [-0.2, -0.15) is 10.1 Å². The molecule has 0 saturated carbocycles. The molecule has 0 aliphatic carbocycles. The molecule has 2 rings (SSSR count). The van der Waals surface area contributed by atoms with E-state index in [1.807, 2.05) is 12.4 Å². The average molecular weight is 209 g/mol. The molecule has 2 aromatic rings. The molecule has 0 atom stereocenters. The number of aromatic nitrogens is 4. The van der Waals surface area contributed by atoms with Gasteiger partial charge in [0, 0.05) is 18.5 Å². The van der Waals surface area contributed by atoms with Crippen LogP contribution in [0.25, 0.3) is 5.82 Å². The number of nitrogens with zero attached hydrogens (tertiary/aromatic N) is 4. The fourth-order valence-corrected chi connectivity index (χ4v) is 1.26. The fourth-order valence-electron chi connectivity index (χ4n) is 1.12. The van der Waals surface area contributed by atoms with E-state index in [-0.39, 0.29) is 5.28 Å². The monoisotopic (exact) mass is 208 g/mol. The van der Waals surface area contributed by atoms with Gasteiger partial charge in [-0.1, -0.05) is 6.92 Å². The highest BCUT2D eigenvalue weighted by atomic mass is 35.5. The van der Waals surface area contributed by atoms with Crippen molar-refractivity contribution in [2.75, 3.05) is 0 Å². The Labute approximate surface area is 86.6 Å². The second-order valence-electron chi connectivity index (χ2n) is 2.83. The molecule has 0 saturated heterocycles. The lowest BCUT2D eigenvalue weighted by Crippen LogP contribution is -1.98. The van der Waals surface area contributed by atoms with Crippen molar-refractivity contribution >= 4 is 11.6 Å². The molecule has 0 amide bonds. The second-order valence-corrected chi connectivity index (χ2v) is 3.17. The number of hydrogen-bond acceptors (Lipinski definition) is 3. The Hall–Kier alpha value is -1.42. The van der Waals surface area contributed by atoms with E-state index in [9.17, 15) is 0 Å². The summed E-state index contributed by atoms with van der Waals surface area (Å²) in [7, 11) is 0. The molecule has 4 nitrogen and oxygen atoms in total. The van der Waals surface area contributed by atoms with E-state index >= 15 is 0 Å². The molecule has 0 fully saturated rings. The maximum Gasteiger partial charge on any atom is 0.224 e. The van der Waals surface area contributed by atoms with Gasteiger partial charge in [-0.3, -0.25) is 0 Å². The maximum absolute atomic E-state index is 5.67. The summed E-state index contributed by atoms with van der Waals surface area (Å²) < 4.78 is 1.69. The minimum absolute atomic E-state index is 0.232. The Balaban J connectivity index is 2.39. The van der Waals surface area contributed by atoms with Gasteiger partial charge in [-0.05, 0) is 23.6 Å². The molecule has 2 aromatic heterocycles. The van der Waals surface area contributed by atoms with E-state index in [1.165, 1.54) is 5.56 Å². The minimum Gasteiger partial charge on any atom is -0.226 e. The van der Waals surface area contributed by atoms with Crippen LogP contribution in [-0.2, 0) is 6.42 Å².